The number of nitrogens with one attached hydrogen (secondary N) is 1. The van der Waals surface area contributed by atoms with E-state index in [2.05, 4.69) is 5.10 Å². The highest BCUT2D eigenvalue weighted by Gasteiger charge is 2.38. The van der Waals surface area contributed by atoms with Crippen molar-refractivity contribution < 1.29 is 22.8 Å². The third-order valence-electron chi connectivity index (χ3n) is 3.53. The minimum Gasteiger partial charge on any atom is -0.273 e. The second-order valence-corrected chi connectivity index (χ2v) is 4.95. The van der Waals surface area contributed by atoms with Crippen molar-refractivity contribution in [1.29, 1.82) is 0 Å². The second-order valence-electron chi connectivity index (χ2n) is 4.95. The van der Waals surface area contributed by atoms with Gasteiger partial charge in [0.1, 0.15) is 12.3 Å². The van der Waals surface area contributed by atoms with Crippen LogP contribution in [0.4, 0.5) is 13.2 Å². The molecule has 2 heterocycles. The number of hydroxylamine groups is 2. The Bertz CT molecular complexity index is 724. The standard InChI is InChI=1S/C14H12F3N3O2/c1-8-11(18-19-12(8)14(15,16)17)13(21)20-6-9-4-2-3-5-10(9)7-22-20/h2-5H,6-7H2,1H3,(H,18,19). The fraction of sp³-hybridized carbons (Fsp3) is 0.286. The van der Waals surface area contributed by atoms with Crippen LogP contribution in [0, 0.1) is 6.92 Å². The lowest BCUT2D eigenvalue weighted by Crippen LogP contribution is -2.34. The fourth-order valence-electron chi connectivity index (χ4n) is 2.33. The first-order chi connectivity index (χ1) is 10.4. The molecule has 1 aromatic carbocycles. The van der Waals surface area contributed by atoms with E-state index in [9.17, 15) is 18.0 Å². The van der Waals surface area contributed by atoms with Gasteiger partial charge in [0.15, 0.2) is 5.69 Å². The highest BCUT2D eigenvalue weighted by molar-refractivity contribution is 5.93. The number of fused-ring (bicyclic) bond motifs is 1. The zero-order valence-corrected chi connectivity index (χ0v) is 11.6. The van der Waals surface area contributed by atoms with Crippen molar-refractivity contribution in [2.45, 2.75) is 26.3 Å². The lowest BCUT2D eigenvalue weighted by molar-refractivity contribution is -0.150. The molecule has 116 valence electrons. The molecule has 0 unspecified atom stereocenters. The normalized spacial score (nSPS) is 14.8. The Morgan fingerprint density at radius 3 is 2.64 bits per heavy atom. The Hall–Kier alpha value is -2.35. The van der Waals surface area contributed by atoms with E-state index < -0.39 is 17.8 Å². The van der Waals surface area contributed by atoms with Crippen molar-refractivity contribution in [1.82, 2.24) is 15.3 Å². The topological polar surface area (TPSA) is 58.2 Å². The zero-order chi connectivity index (χ0) is 15.9. The summed E-state index contributed by atoms with van der Waals surface area (Å²) in [6, 6.07) is 7.40. The van der Waals surface area contributed by atoms with E-state index in [-0.39, 0.29) is 24.4 Å². The van der Waals surface area contributed by atoms with Crippen LogP contribution in [-0.2, 0) is 24.2 Å². The summed E-state index contributed by atoms with van der Waals surface area (Å²) in [5.74, 6) is -0.696. The van der Waals surface area contributed by atoms with Crippen LogP contribution >= 0.6 is 0 Å². The molecule has 1 amide bonds. The molecule has 0 radical (unpaired) electrons. The number of aromatic nitrogens is 2. The first-order valence-corrected chi connectivity index (χ1v) is 6.51. The highest BCUT2D eigenvalue weighted by atomic mass is 19.4. The summed E-state index contributed by atoms with van der Waals surface area (Å²) in [6.07, 6.45) is -4.58. The van der Waals surface area contributed by atoms with Gasteiger partial charge in [0.05, 0.1) is 6.54 Å². The van der Waals surface area contributed by atoms with Gasteiger partial charge in [-0.1, -0.05) is 24.3 Å². The van der Waals surface area contributed by atoms with Gasteiger partial charge in [-0.25, -0.2) is 5.06 Å². The van der Waals surface area contributed by atoms with Gasteiger partial charge in [-0.2, -0.15) is 18.3 Å². The van der Waals surface area contributed by atoms with Crippen molar-refractivity contribution >= 4 is 5.91 Å². The van der Waals surface area contributed by atoms with Crippen LogP contribution in [0.5, 0.6) is 0 Å². The molecular formula is C14H12F3N3O2. The molecule has 0 fully saturated rings. The first-order valence-electron chi connectivity index (χ1n) is 6.51. The molecule has 0 spiro atoms. The average Bonchev–Trinajstić information content (AvgIpc) is 2.87. The van der Waals surface area contributed by atoms with E-state index in [1.165, 1.54) is 6.92 Å². The molecule has 0 bridgehead atoms. The SMILES string of the molecule is Cc1c(C(=O)N2Cc3ccccc3CO2)n[nH]c1C(F)(F)F. The van der Waals surface area contributed by atoms with Gasteiger partial charge in [0.2, 0.25) is 0 Å². The van der Waals surface area contributed by atoms with Crippen molar-refractivity contribution in [3.8, 4) is 0 Å². The Morgan fingerprint density at radius 2 is 2.00 bits per heavy atom. The summed E-state index contributed by atoms with van der Waals surface area (Å²) < 4.78 is 38.2. The molecule has 8 heteroatoms. The van der Waals surface area contributed by atoms with Crippen molar-refractivity contribution in [2.75, 3.05) is 0 Å². The molecule has 1 N–H and O–H groups in total. The number of benzene rings is 1. The Kier molecular flexibility index (Phi) is 3.40. The molecule has 1 aromatic heterocycles. The summed E-state index contributed by atoms with van der Waals surface area (Å²) in [4.78, 5) is 17.6. The predicted molar refractivity (Wildman–Crippen MR) is 69.4 cm³/mol. The minimum atomic E-state index is -4.58. The van der Waals surface area contributed by atoms with Crippen LogP contribution in [0.2, 0.25) is 0 Å². The maximum Gasteiger partial charge on any atom is 0.433 e. The number of carbonyl (C=O) groups excluding carboxylic acids is 1. The first kappa shape index (κ1) is 14.6. The summed E-state index contributed by atoms with van der Waals surface area (Å²) in [7, 11) is 0. The highest BCUT2D eigenvalue weighted by Crippen LogP contribution is 2.32. The van der Waals surface area contributed by atoms with Crippen molar-refractivity contribution in [3.63, 3.8) is 0 Å². The molecule has 0 aliphatic carbocycles. The number of rotatable bonds is 1. The van der Waals surface area contributed by atoms with Gasteiger partial charge < -0.3 is 0 Å². The smallest absolute Gasteiger partial charge is 0.273 e. The molecule has 5 nitrogen and oxygen atoms in total. The Labute approximate surface area is 123 Å². The predicted octanol–water partition coefficient (Wildman–Crippen LogP) is 2.82. The van der Waals surface area contributed by atoms with Crippen LogP contribution in [0.1, 0.15) is 32.9 Å². The maximum absolute atomic E-state index is 12.7. The van der Waals surface area contributed by atoms with E-state index >= 15 is 0 Å². The van der Waals surface area contributed by atoms with E-state index in [0.29, 0.717) is 0 Å². The summed E-state index contributed by atoms with van der Waals surface area (Å²) in [6.45, 7) is 1.57. The van der Waals surface area contributed by atoms with E-state index in [1.807, 2.05) is 29.4 Å². The lowest BCUT2D eigenvalue weighted by atomic mass is 10.1. The second kappa shape index (κ2) is 5.13. The lowest BCUT2D eigenvalue weighted by Gasteiger charge is -2.27. The molecule has 0 atom stereocenters. The van der Waals surface area contributed by atoms with Crippen LogP contribution in [0.15, 0.2) is 24.3 Å². The largest absolute Gasteiger partial charge is 0.433 e. The fourth-order valence-corrected chi connectivity index (χ4v) is 2.33. The summed E-state index contributed by atoms with van der Waals surface area (Å²) >= 11 is 0. The number of amides is 1. The third kappa shape index (κ3) is 2.45. The van der Waals surface area contributed by atoms with Crippen LogP contribution in [-0.4, -0.2) is 21.2 Å². The quantitative estimate of drug-likeness (QED) is 0.881. The molecule has 0 saturated carbocycles. The number of nitrogens with zero attached hydrogens (tertiary/aromatic N) is 2. The van der Waals surface area contributed by atoms with Crippen LogP contribution < -0.4 is 0 Å². The summed E-state index contributed by atoms with van der Waals surface area (Å²) in [5, 5.41) is 6.41. The minimum absolute atomic E-state index is 0.169. The molecule has 22 heavy (non-hydrogen) atoms. The zero-order valence-electron chi connectivity index (χ0n) is 11.6. The summed E-state index contributed by atoms with van der Waals surface area (Å²) in [5.41, 5.74) is 0.299. The molecule has 2 aromatic rings. The number of H-pyrrole nitrogens is 1. The van der Waals surface area contributed by atoms with Crippen molar-refractivity contribution in [3.05, 3.63) is 52.3 Å². The van der Waals surface area contributed by atoms with Crippen LogP contribution in [0.3, 0.4) is 0 Å². The van der Waals surface area contributed by atoms with Gasteiger partial charge in [-0.15, -0.1) is 0 Å². The Morgan fingerprint density at radius 1 is 1.32 bits per heavy atom. The van der Waals surface area contributed by atoms with Gasteiger partial charge in [-0.05, 0) is 18.1 Å². The average molecular weight is 311 g/mol. The van der Waals surface area contributed by atoms with E-state index in [0.717, 1.165) is 16.2 Å². The molecule has 0 saturated heterocycles. The van der Waals surface area contributed by atoms with Gasteiger partial charge in [0.25, 0.3) is 5.91 Å². The van der Waals surface area contributed by atoms with Gasteiger partial charge in [-0.3, -0.25) is 14.7 Å². The number of halogens is 3. The third-order valence-corrected chi connectivity index (χ3v) is 3.53. The monoisotopic (exact) mass is 311 g/mol. The maximum atomic E-state index is 12.7. The number of alkyl halides is 3. The Balaban J connectivity index is 1.86. The van der Waals surface area contributed by atoms with Gasteiger partial charge in [0, 0.05) is 5.56 Å². The number of hydrogen-bond acceptors (Lipinski definition) is 3. The molecule has 1 aliphatic rings. The number of aromatic amines is 1. The van der Waals surface area contributed by atoms with Crippen LogP contribution in [0.25, 0.3) is 0 Å². The van der Waals surface area contributed by atoms with E-state index in [4.69, 9.17) is 4.84 Å². The molecule has 1 aliphatic heterocycles. The number of carbonyl (C=O) groups is 1. The molecular weight excluding hydrogens is 299 g/mol. The van der Waals surface area contributed by atoms with Crippen molar-refractivity contribution in [2.24, 2.45) is 0 Å². The molecule has 3 rings (SSSR count). The van der Waals surface area contributed by atoms with E-state index in [1.54, 1.807) is 0 Å². The van der Waals surface area contributed by atoms with Gasteiger partial charge >= 0.3 is 6.18 Å². The number of hydrogen-bond donors (Lipinski definition) is 1.